The minimum Gasteiger partial charge on any atom is -0.383 e. The second-order valence-electron chi connectivity index (χ2n) is 9.88. The number of hydrogen-bond acceptors (Lipinski definition) is 7. The molecule has 5 heterocycles. The standard InChI is InChI=1S/C24H31FN8/c1-15-2-4-17(5-3-15)22-21-23(26)28-14-29-24(21)33(30-22)20-6-7-32(13-19(20)25)18-11-31(12-18)10-16-8-27-9-16/h2-5,14,16,18-20,27H,6-13H2,1H3,(H2,26,28,29)/t19-,20-/m0/s1. The van der Waals surface area contributed by atoms with Crippen LogP contribution in [0.3, 0.4) is 0 Å². The molecule has 6 rings (SSSR count). The first-order valence-electron chi connectivity index (χ1n) is 11.9. The molecule has 0 spiro atoms. The second-order valence-corrected chi connectivity index (χ2v) is 9.88. The summed E-state index contributed by atoms with van der Waals surface area (Å²) in [7, 11) is 0. The molecule has 0 unspecified atom stereocenters. The number of nitrogen functional groups attached to an aromatic ring is 1. The molecule has 3 aromatic rings. The highest BCUT2D eigenvalue weighted by molar-refractivity contribution is 5.98. The summed E-state index contributed by atoms with van der Waals surface area (Å²) in [5.74, 6) is 1.17. The number of nitrogens with one attached hydrogen (secondary N) is 1. The van der Waals surface area contributed by atoms with E-state index in [4.69, 9.17) is 10.8 Å². The van der Waals surface area contributed by atoms with Crippen LogP contribution in [0.15, 0.2) is 30.6 Å². The first-order chi connectivity index (χ1) is 16.1. The Hall–Kier alpha value is -2.62. The predicted molar refractivity (Wildman–Crippen MR) is 127 cm³/mol. The summed E-state index contributed by atoms with van der Waals surface area (Å²) in [6.45, 7) is 8.91. The number of nitrogens with zero attached hydrogens (tertiary/aromatic N) is 6. The molecule has 33 heavy (non-hydrogen) atoms. The van der Waals surface area contributed by atoms with E-state index in [-0.39, 0.29) is 6.04 Å². The van der Waals surface area contributed by atoms with Crippen molar-refractivity contribution in [2.45, 2.75) is 31.6 Å². The minimum atomic E-state index is -1.01. The Bertz CT molecular complexity index is 1140. The summed E-state index contributed by atoms with van der Waals surface area (Å²) in [6.07, 6.45) is 1.14. The van der Waals surface area contributed by atoms with Crippen molar-refractivity contribution in [2.24, 2.45) is 5.92 Å². The summed E-state index contributed by atoms with van der Waals surface area (Å²) in [5.41, 5.74) is 9.68. The first-order valence-corrected chi connectivity index (χ1v) is 11.9. The number of piperidine rings is 1. The second kappa shape index (κ2) is 8.30. The van der Waals surface area contributed by atoms with Crippen molar-refractivity contribution in [1.29, 1.82) is 0 Å². The summed E-state index contributed by atoms with van der Waals surface area (Å²) >= 11 is 0. The molecule has 9 heteroatoms. The van der Waals surface area contributed by atoms with Gasteiger partial charge in [0.05, 0.1) is 11.4 Å². The molecule has 174 valence electrons. The van der Waals surface area contributed by atoms with E-state index in [0.717, 1.165) is 49.9 Å². The van der Waals surface area contributed by atoms with Gasteiger partial charge in [0.2, 0.25) is 0 Å². The van der Waals surface area contributed by atoms with Gasteiger partial charge < -0.3 is 11.1 Å². The molecule has 2 atom stereocenters. The maximum atomic E-state index is 15.6. The Morgan fingerprint density at radius 1 is 1.12 bits per heavy atom. The number of rotatable bonds is 5. The van der Waals surface area contributed by atoms with Gasteiger partial charge in [0.25, 0.3) is 0 Å². The fourth-order valence-corrected chi connectivity index (χ4v) is 5.43. The van der Waals surface area contributed by atoms with E-state index in [1.54, 1.807) is 4.68 Å². The number of alkyl halides is 1. The van der Waals surface area contributed by atoms with Crippen LogP contribution in [0.25, 0.3) is 22.3 Å². The maximum absolute atomic E-state index is 15.6. The van der Waals surface area contributed by atoms with E-state index in [1.807, 2.05) is 31.2 Å². The fraction of sp³-hybridized carbons (Fsp3) is 0.542. The molecule has 3 fully saturated rings. The normalized spacial score (nSPS) is 25.3. The highest BCUT2D eigenvalue weighted by Gasteiger charge is 2.40. The molecule has 0 aliphatic carbocycles. The van der Waals surface area contributed by atoms with Crippen molar-refractivity contribution in [3.8, 4) is 11.3 Å². The summed E-state index contributed by atoms with van der Waals surface area (Å²) < 4.78 is 17.3. The lowest BCUT2D eigenvalue weighted by Gasteiger charge is -2.49. The van der Waals surface area contributed by atoms with E-state index in [9.17, 15) is 0 Å². The van der Waals surface area contributed by atoms with Crippen LogP contribution in [0.4, 0.5) is 10.2 Å². The van der Waals surface area contributed by atoms with Crippen molar-refractivity contribution in [2.75, 3.05) is 51.5 Å². The molecule has 0 amide bonds. The number of aromatic nitrogens is 4. The average molecular weight is 451 g/mol. The molecule has 8 nitrogen and oxygen atoms in total. The fourth-order valence-electron chi connectivity index (χ4n) is 5.43. The van der Waals surface area contributed by atoms with Crippen LogP contribution >= 0.6 is 0 Å². The average Bonchev–Trinajstić information content (AvgIpc) is 3.13. The number of fused-ring (bicyclic) bond motifs is 1. The van der Waals surface area contributed by atoms with Gasteiger partial charge in [-0.1, -0.05) is 29.8 Å². The molecule has 0 saturated carbocycles. The Balaban J connectivity index is 1.21. The topological polar surface area (TPSA) is 88.1 Å². The van der Waals surface area contributed by atoms with Crippen LogP contribution < -0.4 is 11.1 Å². The largest absolute Gasteiger partial charge is 0.383 e. The van der Waals surface area contributed by atoms with Crippen LogP contribution in [-0.4, -0.2) is 87.6 Å². The third-order valence-corrected chi connectivity index (χ3v) is 7.53. The van der Waals surface area contributed by atoms with Crippen LogP contribution in [0, 0.1) is 12.8 Å². The number of benzene rings is 1. The zero-order valence-corrected chi connectivity index (χ0v) is 19.0. The molecular formula is C24H31FN8. The van der Waals surface area contributed by atoms with Crippen molar-refractivity contribution >= 4 is 16.9 Å². The molecular weight excluding hydrogens is 419 g/mol. The Labute approximate surface area is 193 Å². The number of aryl methyl sites for hydroxylation is 1. The van der Waals surface area contributed by atoms with Crippen LogP contribution in [0.1, 0.15) is 18.0 Å². The molecule has 0 bridgehead atoms. The molecule has 3 N–H and O–H groups in total. The Morgan fingerprint density at radius 2 is 1.91 bits per heavy atom. The smallest absolute Gasteiger partial charge is 0.164 e. The lowest BCUT2D eigenvalue weighted by atomic mass is 9.96. The Morgan fingerprint density at radius 3 is 2.61 bits per heavy atom. The number of likely N-dealkylation sites (tertiary alicyclic amines) is 2. The molecule has 3 saturated heterocycles. The quantitative estimate of drug-likeness (QED) is 0.614. The Kier molecular flexibility index (Phi) is 5.27. The van der Waals surface area contributed by atoms with Crippen molar-refractivity contribution in [3.63, 3.8) is 0 Å². The SMILES string of the molecule is Cc1ccc(-c2nn([C@H]3CCN(C4CN(CC5CNC5)C4)C[C@@H]3F)c3ncnc(N)c23)cc1. The minimum absolute atomic E-state index is 0.352. The molecule has 1 aromatic carbocycles. The van der Waals surface area contributed by atoms with Crippen molar-refractivity contribution in [3.05, 3.63) is 36.2 Å². The zero-order chi connectivity index (χ0) is 22.5. The molecule has 0 radical (unpaired) electrons. The number of anilines is 1. The van der Waals surface area contributed by atoms with E-state index >= 15 is 4.39 Å². The molecule has 3 aliphatic rings. The van der Waals surface area contributed by atoms with Crippen molar-refractivity contribution < 1.29 is 4.39 Å². The zero-order valence-electron chi connectivity index (χ0n) is 19.0. The van der Waals surface area contributed by atoms with Crippen molar-refractivity contribution in [1.82, 2.24) is 34.9 Å². The van der Waals surface area contributed by atoms with Gasteiger partial charge in [0, 0.05) is 57.4 Å². The maximum Gasteiger partial charge on any atom is 0.164 e. The van der Waals surface area contributed by atoms with Gasteiger partial charge in [-0.3, -0.25) is 9.80 Å². The van der Waals surface area contributed by atoms with Crippen LogP contribution in [0.2, 0.25) is 0 Å². The van der Waals surface area contributed by atoms with E-state index in [0.29, 0.717) is 35.9 Å². The van der Waals surface area contributed by atoms with Gasteiger partial charge in [-0.2, -0.15) is 5.10 Å². The highest BCUT2D eigenvalue weighted by atomic mass is 19.1. The van der Waals surface area contributed by atoms with E-state index in [1.165, 1.54) is 18.4 Å². The predicted octanol–water partition coefficient (Wildman–Crippen LogP) is 1.87. The van der Waals surface area contributed by atoms with Crippen LogP contribution in [-0.2, 0) is 0 Å². The summed E-state index contributed by atoms with van der Waals surface area (Å²) in [5, 5.41) is 8.89. The van der Waals surface area contributed by atoms with Gasteiger partial charge >= 0.3 is 0 Å². The summed E-state index contributed by atoms with van der Waals surface area (Å²) in [4.78, 5) is 13.5. The lowest BCUT2D eigenvalue weighted by molar-refractivity contribution is -0.0201. The van der Waals surface area contributed by atoms with Gasteiger partial charge in [0.15, 0.2) is 5.65 Å². The van der Waals surface area contributed by atoms with Crippen LogP contribution in [0.5, 0.6) is 0 Å². The van der Waals surface area contributed by atoms with Gasteiger partial charge in [0.1, 0.15) is 24.0 Å². The highest BCUT2D eigenvalue weighted by Crippen LogP contribution is 2.36. The molecule has 2 aromatic heterocycles. The number of halogens is 1. The third kappa shape index (κ3) is 3.78. The monoisotopic (exact) mass is 450 g/mol. The number of hydrogen-bond donors (Lipinski definition) is 2. The van der Waals surface area contributed by atoms with Gasteiger partial charge in [-0.25, -0.2) is 19.0 Å². The summed E-state index contributed by atoms with van der Waals surface area (Å²) in [6, 6.07) is 8.24. The number of nitrogens with two attached hydrogens (primary N) is 1. The van der Waals surface area contributed by atoms with Gasteiger partial charge in [-0.05, 0) is 19.3 Å². The molecule has 3 aliphatic heterocycles. The van der Waals surface area contributed by atoms with Gasteiger partial charge in [-0.15, -0.1) is 0 Å². The van der Waals surface area contributed by atoms with E-state index < -0.39 is 6.17 Å². The third-order valence-electron chi connectivity index (χ3n) is 7.53. The van der Waals surface area contributed by atoms with E-state index in [2.05, 4.69) is 25.1 Å². The lowest BCUT2D eigenvalue weighted by Crippen LogP contribution is -2.64. The first kappa shape index (κ1) is 20.9.